The second-order valence-electron chi connectivity index (χ2n) is 3.99. The Balaban J connectivity index is 4.03. The van der Waals surface area contributed by atoms with Gasteiger partial charge in [0.15, 0.2) is 0 Å². The number of hydrogen-bond donors (Lipinski definition) is 2. The summed E-state index contributed by atoms with van der Waals surface area (Å²) in [6, 6.07) is -0.614. The molecule has 0 aromatic heterocycles. The first kappa shape index (κ1) is 17.2. The van der Waals surface area contributed by atoms with Gasteiger partial charge in [0.25, 0.3) is 0 Å². The van der Waals surface area contributed by atoms with Crippen molar-refractivity contribution in [2.75, 3.05) is 5.75 Å². The summed E-state index contributed by atoms with van der Waals surface area (Å²) in [4.78, 5) is 10.2. The molecule has 0 aromatic carbocycles. The summed E-state index contributed by atoms with van der Waals surface area (Å²) >= 11 is 0. The largest absolute Gasteiger partial charge is 0.481 e. The number of aliphatic carboxylic acids is 1. The lowest BCUT2D eigenvalue weighted by atomic mass is 10.2. The van der Waals surface area contributed by atoms with Crippen LogP contribution in [0.4, 0.5) is 13.2 Å². The van der Waals surface area contributed by atoms with E-state index in [1.54, 1.807) is 0 Å². The summed E-state index contributed by atoms with van der Waals surface area (Å²) in [7, 11) is -3.79. The van der Waals surface area contributed by atoms with Crippen LogP contribution in [0, 0.1) is 0 Å². The average molecular weight is 291 g/mol. The Hall–Kier alpha value is -0.830. The van der Waals surface area contributed by atoms with Gasteiger partial charge in [-0.05, 0) is 19.8 Å². The summed E-state index contributed by atoms with van der Waals surface area (Å²) in [5, 5.41) is 8.39. The van der Waals surface area contributed by atoms with Gasteiger partial charge in [-0.3, -0.25) is 4.79 Å². The van der Waals surface area contributed by atoms with Crippen LogP contribution in [0.15, 0.2) is 0 Å². The quantitative estimate of drug-likeness (QED) is 0.710. The Bertz CT molecular complexity index is 366. The fraction of sp³-hybridized carbons (Fsp3) is 0.889. The average Bonchev–Trinajstić information content (AvgIpc) is 2.11. The van der Waals surface area contributed by atoms with E-state index in [4.69, 9.17) is 5.11 Å². The standard InChI is InChI=1S/C9H16F3NO4S/c1-7(3-4-8(14)15)13-18(16,17)6-2-5-9(10,11)12/h7,13H,2-6H2,1H3,(H,14,15). The molecular formula is C9H16F3NO4S. The van der Waals surface area contributed by atoms with Crippen molar-refractivity contribution in [3.05, 3.63) is 0 Å². The third-order valence-corrected chi connectivity index (χ3v) is 3.63. The Kier molecular flexibility index (Phi) is 6.61. The molecule has 2 N–H and O–H groups in total. The maximum atomic E-state index is 11.8. The minimum absolute atomic E-state index is 0.0911. The van der Waals surface area contributed by atoms with Crippen LogP contribution in [0.5, 0.6) is 0 Å². The van der Waals surface area contributed by atoms with E-state index in [-0.39, 0.29) is 12.8 Å². The van der Waals surface area contributed by atoms with Gasteiger partial charge in [0.05, 0.1) is 5.75 Å². The molecule has 0 saturated heterocycles. The van der Waals surface area contributed by atoms with Crippen molar-refractivity contribution >= 4 is 16.0 Å². The van der Waals surface area contributed by atoms with Crippen molar-refractivity contribution in [2.24, 2.45) is 0 Å². The molecule has 0 aliphatic rings. The van der Waals surface area contributed by atoms with Crippen LogP contribution in [0.1, 0.15) is 32.6 Å². The van der Waals surface area contributed by atoms with E-state index in [2.05, 4.69) is 4.72 Å². The van der Waals surface area contributed by atoms with Gasteiger partial charge in [-0.15, -0.1) is 0 Å². The molecule has 0 spiro atoms. The number of nitrogens with one attached hydrogen (secondary N) is 1. The van der Waals surface area contributed by atoms with Gasteiger partial charge in [0.1, 0.15) is 0 Å². The Labute approximate surface area is 103 Å². The molecule has 0 amide bonds. The number of hydrogen-bond acceptors (Lipinski definition) is 3. The highest BCUT2D eigenvalue weighted by Crippen LogP contribution is 2.21. The Morgan fingerprint density at radius 1 is 1.39 bits per heavy atom. The lowest BCUT2D eigenvalue weighted by molar-refractivity contribution is -0.137. The first-order valence-corrected chi connectivity index (χ1v) is 6.95. The lowest BCUT2D eigenvalue weighted by Gasteiger charge is -2.13. The van der Waals surface area contributed by atoms with Gasteiger partial charge in [0.2, 0.25) is 10.0 Å². The van der Waals surface area contributed by atoms with Crippen LogP contribution in [0.2, 0.25) is 0 Å². The number of sulfonamides is 1. The smallest absolute Gasteiger partial charge is 0.389 e. The van der Waals surface area contributed by atoms with E-state index >= 15 is 0 Å². The van der Waals surface area contributed by atoms with E-state index in [9.17, 15) is 26.4 Å². The Morgan fingerprint density at radius 2 is 1.94 bits per heavy atom. The predicted octanol–water partition coefficient (Wildman–Crippen LogP) is 1.50. The molecule has 0 aromatic rings. The molecule has 1 unspecified atom stereocenters. The van der Waals surface area contributed by atoms with Crippen LogP contribution in [0.3, 0.4) is 0 Å². The molecule has 9 heteroatoms. The summed E-state index contributed by atoms with van der Waals surface area (Å²) in [5.74, 6) is -1.68. The molecule has 0 rings (SSSR count). The fourth-order valence-corrected chi connectivity index (χ4v) is 2.60. The Morgan fingerprint density at radius 3 is 2.39 bits per heavy atom. The normalized spacial score (nSPS) is 14.4. The molecule has 0 aliphatic heterocycles. The topological polar surface area (TPSA) is 83.5 Å². The minimum Gasteiger partial charge on any atom is -0.481 e. The summed E-state index contributed by atoms with van der Waals surface area (Å²) in [6.07, 6.45) is -6.15. The van der Waals surface area contributed by atoms with Gasteiger partial charge >= 0.3 is 12.1 Å². The maximum absolute atomic E-state index is 11.8. The molecule has 5 nitrogen and oxygen atoms in total. The number of carbonyl (C=O) groups is 1. The van der Waals surface area contributed by atoms with Crippen molar-refractivity contribution in [3.63, 3.8) is 0 Å². The molecular weight excluding hydrogens is 275 g/mol. The van der Waals surface area contributed by atoms with Crippen LogP contribution in [-0.4, -0.2) is 37.5 Å². The van der Waals surface area contributed by atoms with Crippen LogP contribution in [-0.2, 0) is 14.8 Å². The van der Waals surface area contributed by atoms with Crippen molar-refractivity contribution in [1.82, 2.24) is 4.72 Å². The van der Waals surface area contributed by atoms with Crippen LogP contribution in [0.25, 0.3) is 0 Å². The number of carboxylic acid groups (broad SMARTS) is 1. The van der Waals surface area contributed by atoms with Crippen LogP contribution >= 0.6 is 0 Å². The zero-order valence-electron chi connectivity index (χ0n) is 9.83. The molecule has 18 heavy (non-hydrogen) atoms. The second-order valence-corrected chi connectivity index (χ2v) is 5.86. The number of halogens is 3. The third kappa shape index (κ3) is 10.3. The molecule has 0 heterocycles. The zero-order chi connectivity index (χ0) is 14.4. The van der Waals surface area contributed by atoms with E-state index in [1.807, 2.05) is 0 Å². The fourth-order valence-electron chi connectivity index (χ4n) is 1.23. The van der Waals surface area contributed by atoms with E-state index in [0.29, 0.717) is 0 Å². The van der Waals surface area contributed by atoms with Crippen molar-refractivity contribution in [3.8, 4) is 0 Å². The highest BCUT2D eigenvalue weighted by Gasteiger charge is 2.27. The molecule has 0 aliphatic carbocycles. The summed E-state index contributed by atoms with van der Waals surface area (Å²) in [5.41, 5.74) is 0. The highest BCUT2D eigenvalue weighted by atomic mass is 32.2. The van der Waals surface area contributed by atoms with E-state index in [1.165, 1.54) is 6.92 Å². The van der Waals surface area contributed by atoms with Crippen LogP contribution < -0.4 is 4.72 Å². The predicted molar refractivity (Wildman–Crippen MR) is 58.5 cm³/mol. The van der Waals surface area contributed by atoms with Crippen molar-refractivity contribution in [1.29, 1.82) is 0 Å². The van der Waals surface area contributed by atoms with Gasteiger partial charge in [-0.1, -0.05) is 0 Å². The molecule has 1 atom stereocenters. The number of alkyl halides is 3. The van der Waals surface area contributed by atoms with Gasteiger partial charge < -0.3 is 5.11 Å². The van der Waals surface area contributed by atoms with Gasteiger partial charge in [-0.25, -0.2) is 13.1 Å². The maximum Gasteiger partial charge on any atom is 0.389 e. The molecule has 0 fully saturated rings. The number of rotatable bonds is 8. The van der Waals surface area contributed by atoms with Crippen molar-refractivity contribution in [2.45, 2.75) is 44.8 Å². The van der Waals surface area contributed by atoms with Crippen molar-refractivity contribution < 1.29 is 31.5 Å². The molecule has 0 bridgehead atoms. The molecule has 0 saturated carbocycles. The van der Waals surface area contributed by atoms with Gasteiger partial charge in [-0.2, -0.15) is 13.2 Å². The first-order valence-electron chi connectivity index (χ1n) is 5.30. The second kappa shape index (κ2) is 6.93. The summed E-state index contributed by atoms with van der Waals surface area (Å²) < 4.78 is 60.3. The monoisotopic (exact) mass is 291 g/mol. The van der Waals surface area contributed by atoms with Gasteiger partial charge in [0, 0.05) is 18.9 Å². The number of carboxylic acids is 1. The SMILES string of the molecule is CC(CCC(=O)O)NS(=O)(=O)CCCC(F)(F)F. The minimum atomic E-state index is -4.37. The highest BCUT2D eigenvalue weighted by molar-refractivity contribution is 7.89. The molecule has 108 valence electrons. The molecule has 0 radical (unpaired) electrons. The first-order chi connectivity index (χ1) is 8.02. The zero-order valence-corrected chi connectivity index (χ0v) is 10.6. The summed E-state index contributed by atoms with van der Waals surface area (Å²) in [6.45, 7) is 1.46. The lowest BCUT2D eigenvalue weighted by Crippen LogP contribution is -2.35. The van der Waals surface area contributed by atoms with E-state index in [0.717, 1.165) is 0 Å². The van der Waals surface area contributed by atoms with E-state index < -0.39 is 46.8 Å². The third-order valence-electron chi connectivity index (χ3n) is 2.05.